The van der Waals surface area contributed by atoms with Crippen LogP contribution in [0.15, 0.2) is 0 Å². The molecule has 2 rings (SSSR count). The van der Waals surface area contributed by atoms with E-state index < -0.39 is 0 Å². The van der Waals surface area contributed by atoms with Crippen molar-refractivity contribution < 1.29 is 0 Å². The van der Waals surface area contributed by atoms with Gasteiger partial charge in [0.2, 0.25) is 0 Å². The molecule has 2 fully saturated rings. The predicted molar refractivity (Wildman–Crippen MR) is 78.9 cm³/mol. The van der Waals surface area contributed by atoms with Crippen molar-refractivity contribution in [1.29, 1.82) is 0 Å². The Labute approximate surface area is 114 Å². The first kappa shape index (κ1) is 14.3. The van der Waals surface area contributed by atoms with E-state index in [0.29, 0.717) is 5.41 Å². The number of nitrogens with zero attached hydrogens (tertiary/aromatic N) is 1. The fourth-order valence-electron chi connectivity index (χ4n) is 3.81. The van der Waals surface area contributed by atoms with Gasteiger partial charge in [-0.1, -0.05) is 27.2 Å². The van der Waals surface area contributed by atoms with Gasteiger partial charge < -0.3 is 10.2 Å². The van der Waals surface area contributed by atoms with Crippen molar-refractivity contribution in [3.8, 4) is 0 Å². The van der Waals surface area contributed by atoms with Crippen LogP contribution in [-0.2, 0) is 0 Å². The van der Waals surface area contributed by atoms with E-state index in [-0.39, 0.29) is 0 Å². The van der Waals surface area contributed by atoms with Crippen LogP contribution in [0.4, 0.5) is 0 Å². The van der Waals surface area contributed by atoms with Crippen molar-refractivity contribution in [3.63, 3.8) is 0 Å². The third-order valence-electron chi connectivity index (χ3n) is 5.20. The molecule has 2 nitrogen and oxygen atoms in total. The topological polar surface area (TPSA) is 15.3 Å². The summed E-state index contributed by atoms with van der Waals surface area (Å²) in [6, 6.07) is 1.64. The maximum absolute atomic E-state index is 3.73. The van der Waals surface area contributed by atoms with Crippen LogP contribution in [0, 0.1) is 11.3 Å². The zero-order valence-electron chi connectivity index (χ0n) is 12.8. The summed E-state index contributed by atoms with van der Waals surface area (Å²) in [5.41, 5.74) is 0.553. The average molecular weight is 252 g/mol. The molecule has 0 spiro atoms. The minimum atomic E-state index is 0.553. The molecule has 0 radical (unpaired) electrons. The SMILES string of the molecule is CCNC1CCC(C)(C)CC1CN(C)C1CCC1. The number of hydrogen-bond acceptors (Lipinski definition) is 2. The molecule has 0 aromatic rings. The highest BCUT2D eigenvalue weighted by Gasteiger charge is 2.36. The fraction of sp³-hybridized carbons (Fsp3) is 1.00. The maximum Gasteiger partial charge on any atom is 0.0108 e. The Morgan fingerprint density at radius 3 is 2.50 bits per heavy atom. The molecule has 0 aromatic carbocycles. The van der Waals surface area contributed by atoms with Crippen LogP contribution in [0.1, 0.15) is 59.3 Å². The lowest BCUT2D eigenvalue weighted by Gasteiger charge is -2.45. The summed E-state index contributed by atoms with van der Waals surface area (Å²) in [6.07, 6.45) is 8.44. The minimum absolute atomic E-state index is 0.553. The van der Waals surface area contributed by atoms with Gasteiger partial charge in [-0.2, -0.15) is 0 Å². The van der Waals surface area contributed by atoms with Crippen molar-refractivity contribution in [3.05, 3.63) is 0 Å². The third kappa shape index (κ3) is 3.48. The summed E-state index contributed by atoms with van der Waals surface area (Å²) in [4.78, 5) is 2.64. The molecule has 0 aliphatic heterocycles. The number of hydrogen-bond donors (Lipinski definition) is 1. The van der Waals surface area contributed by atoms with Crippen LogP contribution in [0.5, 0.6) is 0 Å². The highest BCUT2D eigenvalue weighted by Crippen LogP contribution is 2.39. The Morgan fingerprint density at radius 2 is 1.94 bits per heavy atom. The summed E-state index contributed by atoms with van der Waals surface area (Å²) in [7, 11) is 2.34. The normalized spacial score (nSPS) is 32.5. The first-order valence-electron chi connectivity index (χ1n) is 7.95. The zero-order chi connectivity index (χ0) is 13.2. The van der Waals surface area contributed by atoms with Gasteiger partial charge in [0.25, 0.3) is 0 Å². The molecule has 0 aromatic heterocycles. The van der Waals surface area contributed by atoms with Crippen molar-refractivity contribution in [1.82, 2.24) is 10.2 Å². The zero-order valence-corrected chi connectivity index (χ0v) is 12.8. The molecule has 0 amide bonds. The molecule has 2 aliphatic carbocycles. The Kier molecular flexibility index (Phi) is 4.71. The molecule has 2 aliphatic rings. The van der Waals surface area contributed by atoms with E-state index in [9.17, 15) is 0 Å². The van der Waals surface area contributed by atoms with E-state index in [1.165, 1.54) is 45.1 Å². The second-order valence-corrected chi connectivity index (χ2v) is 7.36. The minimum Gasteiger partial charge on any atom is -0.314 e. The van der Waals surface area contributed by atoms with E-state index in [2.05, 4.69) is 38.0 Å². The van der Waals surface area contributed by atoms with E-state index in [0.717, 1.165) is 24.5 Å². The standard InChI is InChI=1S/C16H32N2/c1-5-17-15-9-10-16(2,3)11-13(15)12-18(4)14-7-6-8-14/h13-15,17H,5-12H2,1-4H3. The molecule has 0 saturated heterocycles. The molecular formula is C16H32N2. The molecule has 0 bridgehead atoms. The van der Waals surface area contributed by atoms with Gasteiger partial charge in [-0.05, 0) is 57.0 Å². The summed E-state index contributed by atoms with van der Waals surface area (Å²) in [6.45, 7) is 9.56. The van der Waals surface area contributed by atoms with Gasteiger partial charge in [-0.15, -0.1) is 0 Å². The predicted octanol–water partition coefficient (Wildman–Crippen LogP) is 3.28. The van der Waals surface area contributed by atoms with E-state index in [4.69, 9.17) is 0 Å². The summed E-state index contributed by atoms with van der Waals surface area (Å²) in [5, 5.41) is 3.73. The van der Waals surface area contributed by atoms with Gasteiger partial charge in [0, 0.05) is 18.6 Å². The van der Waals surface area contributed by atoms with Crippen LogP contribution in [0.3, 0.4) is 0 Å². The molecule has 0 heterocycles. The second-order valence-electron chi connectivity index (χ2n) is 7.36. The largest absolute Gasteiger partial charge is 0.314 e. The number of nitrogens with one attached hydrogen (secondary N) is 1. The lowest BCUT2D eigenvalue weighted by molar-refractivity contribution is 0.0745. The molecule has 1 N–H and O–H groups in total. The summed E-state index contributed by atoms with van der Waals surface area (Å²) < 4.78 is 0. The molecule has 2 atom stereocenters. The van der Waals surface area contributed by atoms with Crippen molar-refractivity contribution in [2.75, 3.05) is 20.1 Å². The van der Waals surface area contributed by atoms with Gasteiger partial charge in [0.15, 0.2) is 0 Å². The third-order valence-corrected chi connectivity index (χ3v) is 5.20. The van der Waals surface area contributed by atoms with Crippen molar-refractivity contribution >= 4 is 0 Å². The highest BCUT2D eigenvalue weighted by atomic mass is 15.1. The van der Waals surface area contributed by atoms with Crippen molar-refractivity contribution in [2.24, 2.45) is 11.3 Å². The first-order valence-corrected chi connectivity index (χ1v) is 7.95. The second kappa shape index (κ2) is 5.92. The van der Waals surface area contributed by atoms with Crippen LogP contribution >= 0.6 is 0 Å². The lowest BCUT2D eigenvalue weighted by Crippen LogP contribution is -2.49. The monoisotopic (exact) mass is 252 g/mol. The van der Waals surface area contributed by atoms with Crippen molar-refractivity contribution in [2.45, 2.75) is 71.4 Å². The highest BCUT2D eigenvalue weighted by molar-refractivity contribution is 4.91. The van der Waals surface area contributed by atoms with Crippen LogP contribution in [-0.4, -0.2) is 37.1 Å². The molecule has 2 heteroatoms. The molecule has 18 heavy (non-hydrogen) atoms. The molecule has 2 saturated carbocycles. The Hall–Kier alpha value is -0.0800. The van der Waals surface area contributed by atoms with E-state index in [1.807, 2.05) is 0 Å². The van der Waals surface area contributed by atoms with Gasteiger partial charge in [-0.25, -0.2) is 0 Å². The Bertz CT molecular complexity index is 258. The summed E-state index contributed by atoms with van der Waals surface area (Å²) in [5.74, 6) is 0.847. The van der Waals surface area contributed by atoms with Gasteiger partial charge in [-0.3, -0.25) is 0 Å². The van der Waals surface area contributed by atoms with Crippen LogP contribution in [0.2, 0.25) is 0 Å². The first-order chi connectivity index (χ1) is 8.52. The molecule has 106 valence electrons. The average Bonchev–Trinajstić information content (AvgIpc) is 2.19. The van der Waals surface area contributed by atoms with Crippen LogP contribution in [0.25, 0.3) is 0 Å². The van der Waals surface area contributed by atoms with E-state index in [1.54, 1.807) is 0 Å². The van der Waals surface area contributed by atoms with Crippen LogP contribution < -0.4 is 5.32 Å². The Morgan fingerprint density at radius 1 is 1.22 bits per heavy atom. The summed E-state index contributed by atoms with van der Waals surface area (Å²) >= 11 is 0. The van der Waals surface area contributed by atoms with Gasteiger partial charge in [0.05, 0.1) is 0 Å². The van der Waals surface area contributed by atoms with Gasteiger partial charge in [0.1, 0.15) is 0 Å². The molecule has 2 unspecified atom stereocenters. The molecular weight excluding hydrogens is 220 g/mol. The lowest BCUT2D eigenvalue weighted by atomic mass is 9.69. The van der Waals surface area contributed by atoms with Gasteiger partial charge >= 0.3 is 0 Å². The van der Waals surface area contributed by atoms with E-state index >= 15 is 0 Å². The maximum atomic E-state index is 3.73. The Balaban J connectivity index is 1.91. The quantitative estimate of drug-likeness (QED) is 0.808. The smallest absolute Gasteiger partial charge is 0.0108 e. The number of rotatable bonds is 5. The fourth-order valence-corrected chi connectivity index (χ4v) is 3.81.